The minimum Gasteiger partial charge on any atom is -0.468 e. The van der Waals surface area contributed by atoms with Gasteiger partial charge in [0.1, 0.15) is 5.76 Å². The van der Waals surface area contributed by atoms with Crippen LogP contribution in [0.5, 0.6) is 0 Å². The third-order valence-electron chi connectivity index (χ3n) is 4.86. The number of furan rings is 1. The molecule has 4 heteroatoms. The van der Waals surface area contributed by atoms with Crippen molar-refractivity contribution < 1.29 is 9.15 Å². The van der Waals surface area contributed by atoms with Gasteiger partial charge in [0.05, 0.1) is 25.5 Å². The van der Waals surface area contributed by atoms with Crippen LogP contribution in [0.4, 0.5) is 0 Å². The Morgan fingerprint density at radius 1 is 1.15 bits per heavy atom. The lowest BCUT2D eigenvalue weighted by atomic mass is 10.1. The highest BCUT2D eigenvalue weighted by molar-refractivity contribution is 4.99. The third kappa shape index (κ3) is 2.92. The maximum absolute atomic E-state index is 6.09. The smallest absolute Gasteiger partial charge is 0.117 e. The molecule has 2 aliphatic heterocycles. The van der Waals surface area contributed by atoms with Gasteiger partial charge in [0, 0.05) is 38.6 Å². The topological polar surface area (TPSA) is 28.9 Å². The number of rotatable bonds is 4. The van der Waals surface area contributed by atoms with Gasteiger partial charge in [-0.15, -0.1) is 0 Å². The van der Waals surface area contributed by atoms with Gasteiger partial charge in [-0.25, -0.2) is 0 Å². The van der Waals surface area contributed by atoms with Gasteiger partial charge in [0.15, 0.2) is 0 Å². The van der Waals surface area contributed by atoms with E-state index in [2.05, 4.69) is 15.9 Å². The number of likely N-dealkylation sites (tertiary alicyclic amines) is 1. The fourth-order valence-corrected chi connectivity index (χ4v) is 3.63. The molecule has 1 saturated carbocycles. The van der Waals surface area contributed by atoms with Crippen LogP contribution >= 0.6 is 0 Å². The van der Waals surface area contributed by atoms with E-state index in [1.807, 2.05) is 6.07 Å². The van der Waals surface area contributed by atoms with Gasteiger partial charge in [0.25, 0.3) is 0 Å². The molecule has 1 aromatic heterocycles. The Morgan fingerprint density at radius 3 is 2.85 bits per heavy atom. The molecule has 0 amide bonds. The Bertz CT molecular complexity index is 430. The molecule has 2 saturated heterocycles. The molecule has 3 aliphatic rings. The van der Waals surface area contributed by atoms with Gasteiger partial charge < -0.3 is 14.1 Å². The lowest BCUT2D eigenvalue weighted by Gasteiger charge is -2.22. The van der Waals surface area contributed by atoms with Crippen LogP contribution in [0.25, 0.3) is 0 Å². The summed E-state index contributed by atoms with van der Waals surface area (Å²) in [4.78, 5) is 5.12. The first kappa shape index (κ1) is 12.9. The van der Waals surface area contributed by atoms with Crippen LogP contribution in [-0.4, -0.2) is 55.2 Å². The zero-order valence-electron chi connectivity index (χ0n) is 12.0. The van der Waals surface area contributed by atoms with Crippen molar-refractivity contribution in [1.29, 1.82) is 0 Å². The second-order valence-electron chi connectivity index (χ2n) is 6.65. The highest BCUT2D eigenvalue weighted by Gasteiger charge is 2.38. The summed E-state index contributed by atoms with van der Waals surface area (Å²) in [7, 11) is 0. The van der Waals surface area contributed by atoms with E-state index in [9.17, 15) is 0 Å². The van der Waals surface area contributed by atoms with E-state index in [1.165, 1.54) is 25.9 Å². The molecular formula is C16H24N2O2. The zero-order chi connectivity index (χ0) is 13.4. The van der Waals surface area contributed by atoms with Crippen LogP contribution < -0.4 is 0 Å². The third-order valence-corrected chi connectivity index (χ3v) is 4.86. The van der Waals surface area contributed by atoms with Crippen molar-refractivity contribution in [2.45, 2.75) is 25.5 Å². The van der Waals surface area contributed by atoms with Gasteiger partial charge in [-0.3, -0.25) is 4.90 Å². The molecule has 0 bridgehead atoms. The fraction of sp³-hybridized carbons (Fsp3) is 0.750. The lowest BCUT2D eigenvalue weighted by Crippen LogP contribution is -2.32. The van der Waals surface area contributed by atoms with Crippen molar-refractivity contribution in [3.8, 4) is 0 Å². The second kappa shape index (κ2) is 5.51. The summed E-state index contributed by atoms with van der Waals surface area (Å²) in [5, 5.41) is 0. The van der Waals surface area contributed by atoms with Crippen molar-refractivity contribution in [2.75, 3.05) is 39.3 Å². The molecule has 1 aromatic rings. The SMILES string of the molecule is c1coc(CN2CCO[C@H]3CN(CC4CC4)C[C@H]3C2)c1. The molecule has 4 nitrogen and oxygen atoms in total. The average molecular weight is 276 g/mol. The van der Waals surface area contributed by atoms with E-state index in [-0.39, 0.29) is 0 Å². The predicted octanol–water partition coefficient (Wildman–Crippen LogP) is 1.82. The Balaban J connectivity index is 1.35. The monoisotopic (exact) mass is 276 g/mol. The maximum atomic E-state index is 6.09. The van der Waals surface area contributed by atoms with E-state index in [0.29, 0.717) is 12.0 Å². The largest absolute Gasteiger partial charge is 0.468 e. The Kier molecular flexibility index (Phi) is 3.54. The molecule has 4 rings (SSSR count). The summed E-state index contributed by atoms with van der Waals surface area (Å²) < 4.78 is 11.6. The van der Waals surface area contributed by atoms with Crippen LogP contribution in [0.3, 0.4) is 0 Å². The Labute approximate surface area is 120 Å². The molecule has 0 aromatic carbocycles. The van der Waals surface area contributed by atoms with Gasteiger partial charge in [0.2, 0.25) is 0 Å². The van der Waals surface area contributed by atoms with Crippen molar-refractivity contribution in [3.05, 3.63) is 24.2 Å². The highest BCUT2D eigenvalue weighted by Crippen LogP contribution is 2.32. The van der Waals surface area contributed by atoms with Crippen LogP contribution in [-0.2, 0) is 11.3 Å². The molecule has 110 valence electrons. The van der Waals surface area contributed by atoms with Gasteiger partial charge >= 0.3 is 0 Å². The van der Waals surface area contributed by atoms with E-state index >= 15 is 0 Å². The lowest BCUT2D eigenvalue weighted by molar-refractivity contribution is 0.0511. The first-order chi connectivity index (χ1) is 9.87. The predicted molar refractivity (Wildman–Crippen MR) is 76.4 cm³/mol. The van der Waals surface area contributed by atoms with Crippen LogP contribution in [0.1, 0.15) is 18.6 Å². The Hall–Kier alpha value is -0.840. The quantitative estimate of drug-likeness (QED) is 0.839. The normalized spacial score (nSPS) is 32.2. The minimum absolute atomic E-state index is 0.454. The highest BCUT2D eigenvalue weighted by atomic mass is 16.5. The van der Waals surface area contributed by atoms with Crippen LogP contribution in [0.15, 0.2) is 22.8 Å². The van der Waals surface area contributed by atoms with Gasteiger partial charge in [-0.2, -0.15) is 0 Å². The Morgan fingerprint density at radius 2 is 2.05 bits per heavy atom. The first-order valence-electron chi connectivity index (χ1n) is 7.95. The number of hydrogen-bond donors (Lipinski definition) is 0. The van der Waals surface area contributed by atoms with E-state index < -0.39 is 0 Å². The molecule has 20 heavy (non-hydrogen) atoms. The molecular weight excluding hydrogens is 252 g/mol. The van der Waals surface area contributed by atoms with Crippen molar-refractivity contribution in [1.82, 2.24) is 9.80 Å². The first-order valence-corrected chi connectivity index (χ1v) is 7.95. The van der Waals surface area contributed by atoms with Gasteiger partial charge in [-0.1, -0.05) is 0 Å². The average Bonchev–Trinajstić information content (AvgIpc) is 3.01. The standard InChI is InChI=1S/C16H24N2O2/c1-2-15(19-6-1)11-17-5-7-20-16-12-18(8-13-3-4-13)10-14(16)9-17/h1-2,6,13-14,16H,3-5,7-12H2/t14-,16+/m1/s1. The minimum atomic E-state index is 0.454. The molecule has 2 atom stereocenters. The van der Waals surface area contributed by atoms with E-state index in [0.717, 1.165) is 44.5 Å². The molecule has 0 N–H and O–H groups in total. The summed E-state index contributed by atoms with van der Waals surface area (Å²) in [6.07, 6.45) is 5.10. The summed E-state index contributed by atoms with van der Waals surface area (Å²) in [6.45, 7) is 7.62. The van der Waals surface area contributed by atoms with Crippen molar-refractivity contribution in [2.24, 2.45) is 11.8 Å². The zero-order valence-corrected chi connectivity index (χ0v) is 12.0. The van der Waals surface area contributed by atoms with E-state index in [1.54, 1.807) is 6.26 Å². The summed E-state index contributed by atoms with van der Waals surface area (Å²) in [5.74, 6) is 2.72. The molecule has 3 fully saturated rings. The number of ether oxygens (including phenoxy) is 1. The van der Waals surface area contributed by atoms with Crippen molar-refractivity contribution >= 4 is 0 Å². The fourth-order valence-electron chi connectivity index (χ4n) is 3.63. The van der Waals surface area contributed by atoms with E-state index in [4.69, 9.17) is 9.15 Å². The van der Waals surface area contributed by atoms with Crippen LogP contribution in [0, 0.1) is 11.8 Å². The summed E-state index contributed by atoms with van der Waals surface area (Å²) in [6, 6.07) is 4.04. The van der Waals surface area contributed by atoms with Crippen molar-refractivity contribution in [3.63, 3.8) is 0 Å². The summed E-state index contributed by atoms with van der Waals surface area (Å²) >= 11 is 0. The molecule has 0 unspecified atom stereocenters. The van der Waals surface area contributed by atoms with Gasteiger partial charge in [-0.05, 0) is 30.9 Å². The number of fused-ring (bicyclic) bond motifs is 1. The maximum Gasteiger partial charge on any atom is 0.117 e. The molecule has 1 aliphatic carbocycles. The second-order valence-corrected chi connectivity index (χ2v) is 6.65. The molecule has 0 spiro atoms. The number of nitrogens with zero attached hydrogens (tertiary/aromatic N) is 2. The number of hydrogen-bond acceptors (Lipinski definition) is 4. The summed E-state index contributed by atoms with van der Waals surface area (Å²) in [5.41, 5.74) is 0. The molecule has 3 heterocycles. The molecule has 0 radical (unpaired) electrons. The van der Waals surface area contributed by atoms with Crippen LogP contribution in [0.2, 0.25) is 0 Å².